The number of hydrogen-bond donors (Lipinski definition) is 2. The Kier molecular flexibility index (Phi) is 4.63. The third kappa shape index (κ3) is 3.04. The summed E-state index contributed by atoms with van der Waals surface area (Å²) in [4.78, 5) is 0. The van der Waals surface area contributed by atoms with Crippen LogP contribution >= 0.6 is 0 Å². The van der Waals surface area contributed by atoms with Gasteiger partial charge in [0.05, 0.1) is 12.1 Å². The average Bonchev–Trinajstić information content (AvgIpc) is 2.40. The Labute approximate surface area is 105 Å². The van der Waals surface area contributed by atoms with E-state index in [2.05, 4.69) is 5.43 Å². The van der Waals surface area contributed by atoms with Crippen LogP contribution in [0.2, 0.25) is 0 Å². The Morgan fingerprint density at radius 2 is 2.06 bits per heavy atom. The van der Waals surface area contributed by atoms with Gasteiger partial charge >= 0.3 is 0 Å². The molecule has 1 heterocycles. The lowest BCUT2D eigenvalue weighted by Crippen LogP contribution is -2.48. The molecule has 2 rings (SSSR count). The average molecular weight is 256 g/mol. The lowest BCUT2D eigenvalue weighted by molar-refractivity contribution is -0.00773. The third-order valence-corrected chi connectivity index (χ3v) is 3.36. The molecule has 0 saturated carbocycles. The molecule has 2 atom stereocenters. The molecule has 0 bridgehead atoms. The maximum atomic E-state index is 13.6. The summed E-state index contributed by atoms with van der Waals surface area (Å²) >= 11 is 0. The first-order chi connectivity index (χ1) is 8.72. The Hall–Kier alpha value is -1.04. The molecular formula is C13H18F2N2O. The van der Waals surface area contributed by atoms with E-state index >= 15 is 0 Å². The van der Waals surface area contributed by atoms with Crippen molar-refractivity contribution in [1.29, 1.82) is 0 Å². The summed E-state index contributed by atoms with van der Waals surface area (Å²) in [6, 6.07) is 3.61. The molecule has 1 fully saturated rings. The summed E-state index contributed by atoms with van der Waals surface area (Å²) in [5.74, 6) is 4.40. The second-order valence-electron chi connectivity index (χ2n) is 4.58. The van der Waals surface area contributed by atoms with Crippen molar-refractivity contribution < 1.29 is 13.5 Å². The van der Waals surface area contributed by atoms with Gasteiger partial charge in [0.1, 0.15) is 11.6 Å². The molecule has 1 aromatic rings. The largest absolute Gasteiger partial charge is 0.377 e. The summed E-state index contributed by atoms with van der Waals surface area (Å²) in [7, 11) is 0. The standard InChI is InChI=1S/C13H18F2N2O/c14-10-4-3-5-11(15)9(10)8-12(17-16)13-6-1-2-7-18-13/h3-5,12-13,17H,1-2,6-8,16H2. The Balaban J connectivity index is 2.09. The molecule has 1 aliphatic rings. The Morgan fingerprint density at radius 1 is 1.33 bits per heavy atom. The number of hydrazine groups is 1. The summed E-state index contributed by atoms with van der Waals surface area (Å²) in [6.07, 6.45) is 3.07. The van der Waals surface area contributed by atoms with Gasteiger partial charge in [0.15, 0.2) is 0 Å². The number of hydrogen-bond acceptors (Lipinski definition) is 3. The van der Waals surface area contributed by atoms with Crippen LogP contribution in [0.1, 0.15) is 24.8 Å². The molecule has 1 aliphatic heterocycles. The van der Waals surface area contributed by atoms with Crippen molar-refractivity contribution in [3.8, 4) is 0 Å². The van der Waals surface area contributed by atoms with Crippen molar-refractivity contribution in [3.05, 3.63) is 35.4 Å². The fraction of sp³-hybridized carbons (Fsp3) is 0.538. The van der Waals surface area contributed by atoms with Crippen molar-refractivity contribution in [1.82, 2.24) is 5.43 Å². The minimum Gasteiger partial charge on any atom is -0.377 e. The second-order valence-corrected chi connectivity index (χ2v) is 4.58. The first-order valence-corrected chi connectivity index (χ1v) is 6.23. The van der Waals surface area contributed by atoms with Crippen LogP contribution in [0, 0.1) is 11.6 Å². The van der Waals surface area contributed by atoms with Crippen molar-refractivity contribution in [3.63, 3.8) is 0 Å². The molecule has 0 aliphatic carbocycles. The lowest BCUT2D eigenvalue weighted by Gasteiger charge is -2.30. The lowest BCUT2D eigenvalue weighted by atomic mass is 9.96. The topological polar surface area (TPSA) is 47.3 Å². The van der Waals surface area contributed by atoms with E-state index < -0.39 is 11.6 Å². The van der Waals surface area contributed by atoms with Crippen LogP contribution in [0.5, 0.6) is 0 Å². The van der Waals surface area contributed by atoms with Gasteiger partial charge in [-0.15, -0.1) is 0 Å². The van der Waals surface area contributed by atoms with Gasteiger partial charge in [0, 0.05) is 12.2 Å². The smallest absolute Gasteiger partial charge is 0.129 e. The van der Waals surface area contributed by atoms with E-state index in [1.807, 2.05) is 0 Å². The maximum Gasteiger partial charge on any atom is 0.129 e. The van der Waals surface area contributed by atoms with Crippen molar-refractivity contribution >= 4 is 0 Å². The SMILES string of the molecule is NNC(Cc1c(F)cccc1F)C1CCCCO1. The molecular weight excluding hydrogens is 238 g/mol. The number of nitrogens with one attached hydrogen (secondary N) is 1. The monoisotopic (exact) mass is 256 g/mol. The van der Waals surface area contributed by atoms with Crippen LogP contribution < -0.4 is 11.3 Å². The van der Waals surface area contributed by atoms with Gasteiger partial charge in [-0.25, -0.2) is 8.78 Å². The zero-order valence-electron chi connectivity index (χ0n) is 10.2. The second kappa shape index (κ2) is 6.22. The fourth-order valence-corrected chi connectivity index (χ4v) is 2.33. The number of halogens is 2. The van der Waals surface area contributed by atoms with Gasteiger partial charge in [0.25, 0.3) is 0 Å². The number of ether oxygens (including phenoxy) is 1. The molecule has 0 amide bonds. The molecule has 3 N–H and O–H groups in total. The van der Waals surface area contributed by atoms with Gasteiger partial charge in [-0.3, -0.25) is 11.3 Å². The number of rotatable bonds is 4. The highest BCUT2D eigenvalue weighted by atomic mass is 19.1. The van der Waals surface area contributed by atoms with Crippen LogP contribution in [-0.2, 0) is 11.2 Å². The first kappa shape index (κ1) is 13.4. The quantitative estimate of drug-likeness (QED) is 0.639. The fourth-order valence-electron chi connectivity index (χ4n) is 2.33. The van der Waals surface area contributed by atoms with Crippen LogP contribution in [0.15, 0.2) is 18.2 Å². The van der Waals surface area contributed by atoms with Gasteiger partial charge in [-0.2, -0.15) is 0 Å². The van der Waals surface area contributed by atoms with Gasteiger partial charge in [-0.1, -0.05) is 6.07 Å². The van der Waals surface area contributed by atoms with E-state index in [4.69, 9.17) is 10.6 Å². The zero-order valence-corrected chi connectivity index (χ0v) is 10.2. The van der Waals surface area contributed by atoms with E-state index in [1.165, 1.54) is 18.2 Å². The highest BCUT2D eigenvalue weighted by Gasteiger charge is 2.25. The van der Waals surface area contributed by atoms with Gasteiger partial charge in [-0.05, 0) is 37.8 Å². The predicted molar refractivity (Wildman–Crippen MR) is 64.8 cm³/mol. The summed E-state index contributed by atoms with van der Waals surface area (Å²) in [5.41, 5.74) is 2.68. The molecule has 3 nitrogen and oxygen atoms in total. The molecule has 5 heteroatoms. The molecule has 1 saturated heterocycles. The van der Waals surface area contributed by atoms with Crippen LogP contribution in [-0.4, -0.2) is 18.8 Å². The van der Waals surface area contributed by atoms with Crippen molar-refractivity contribution in [2.75, 3.05) is 6.61 Å². The van der Waals surface area contributed by atoms with Crippen LogP contribution in [0.4, 0.5) is 8.78 Å². The summed E-state index contributed by atoms with van der Waals surface area (Å²) in [6.45, 7) is 0.683. The van der Waals surface area contributed by atoms with Crippen molar-refractivity contribution in [2.24, 2.45) is 5.84 Å². The van der Waals surface area contributed by atoms with Gasteiger partial charge in [0.2, 0.25) is 0 Å². The number of nitrogens with two attached hydrogens (primary N) is 1. The summed E-state index contributed by atoms with van der Waals surface area (Å²) in [5, 5.41) is 0. The van der Waals surface area contributed by atoms with E-state index in [0.717, 1.165) is 19.3 Å². The highest BCUT2D eigenvalue weighted by molar-refractivity contribution is 5.21. The molecule has 1 aromatic carbocycles. The normalized spacial score (nSPS) is 21.8. The minimum atomic E-state index is -0.536. The van der Waals surface area contributed by atoms with E-state index in [-0.39, 0.29) is 24.1 Å². The van der Waals surface area contributed by atoms with E-state index in [0.29, 0.717) is 6.61 Å². The van der Waals surface area contributed by atoms with Crippen molar-refractivity contribution in [2.45, 2.75) is 37.8 Å². The minimum absolute atomic E-state index is 0.0645. The number of benzene rings is 1. The van der Waals surface area contributed by atoms with Crippen LogP contribution in [0.3, 0.4) is 0 Å². The molecule has 0 spiro atoms. The highest BCUT2D eigenvalue weighted by Crippen LogP contribution is 2.20. The molecule has 2 unspecified atom stereocenters. The predicted octanol–water partition coefficient (Wildman–Crippen LogP) is 1.91. The zero-order chi connectivity index (χ0) is 13.0. The van der Waals surface area contributed by atoms with Crippen LogP contribution in [0.25, 0.3) is 0 Å². The maximum absolute atomic E-state index is 13.6. The van der Waals surface area contributed by atoms with Gasteiger partial charge < -0.3 is 4.74 Å². The van der Waals surface area contributed by atoms with E-state index in [1.54, 1.807) is 0 Å². The molecule has 100 valence electrons. The van der Waals surface area contributed by atoms with E-state index in [9.17, 15) is 8.78 Å². The third-order valence-electron chi connectivity index (χ3n) is 3.36. The summed E-state index contributed by atoms with van der Waals surface area (Å²) < 4.78 is 32.7. The molecule has 18 heavy (non-hydrogen) atoms. The molecule has 0 aromatic heterocycles. The Morgan fingerprint density at radius 3 is 2.61 bits per heavy atom. The Bertz CT molecular complexity index is 374. The first-order valence-electron chi connectivity index (χ1n) is 6.23. The molecule has 0 radical (unpaired) electrons.